The van der Waals surface area contributed by atoms with Gasteiger partial charge in [0.2, 0.25) is 0 Å². The van der Waals surface area contributed by atoms with Crippen LogP contribution in [0.3, 0.4) is 0 Å². The number of halogens is 1. The molecule has 0 aromatic heterocycles. The fourth-order valence-corrected chi connectivity index (χ4v) is 2.02. The van der Waals surface area contributed by atoms with Gasteiger partial charge in [-0.25, -0.2) is 0 Å². The molecule has 3 nitrogen and oxygen atoms in total. The molecule has 0 aliphatic carbocycles. The van der Waals surface area contributed by atoms with Crippen molar-refractivity contribution in [3.8, 4) is 0 Å². The van der Waals surface area contributed by atoms with Crippen LogP contribution in [0, 0.1) is 0 Å². The first-order valence-corrected chi connectivity index (χ1v) is 6.10. The molecule has 86 valence electrons. The molecule has 0 fully saturated rings. The van der Waals surface area contributed by atoms with E-state index in [0.717, 1.165) is 0 Å². The summed E-state index contributed by atoms with van der Waals surface area (Å²) in [5.74, 6) is -0.0256. The number of thioether (sulfide) groups is 1. The third-order valence-corrected chi connectivity index (χ3v) is 3.09. The van der Waals surface area contributed by atoms with Crippen LogP contribution >= 0.6 is 23.4 Å². The van der Waals surface area contributed by atoms with Crippen LogP contribution in [-0.2, 0) is 9.53 Å². The van der Waals surface area contributed by atoms with Crippen molar-refractivity contribution in [2.45, 2.75) is 0 Å². The Hall–Kier alpha value is -1.00. The van der Waals surface area contributed by atoms with E-state index in [4.69, 9.17) is 11.6 Å². The molecule has 0 spiro atoms. The van der Waals surface area contributed by atoms with Crippen LogP contribution < -0.4 is 0 Å². The van der Waals surface area contributed by atoms with E-state index in [9.17, 15) is 9.59 Å². The van der Waals surface area contributed by atoms with Gasteiger partial charge in [-0.2, -0.15) is 0 Å². The van der Waals surface area contributed by atoms with E-state index in [1.165, 1.54) is 18.9 Å². The fraction of sp³-hybridized carbons (Fsp3) is 0.273. The van der Waals surface area contributed by atoms with Crippen molar-refractivity contribution in [1.82, 2.24) is 0 Å². The number of ketones is 1. The first kappa shape index (κ1) is 13.1. The predicted molar refractivity (Wildman–Crippen MR) is 65.1 cm³/mol. The summed E-state index contributed by atoms with van der Waals surface area (Å²) in [5.41, 5.74) is 0.488. The number of hydrogen-bond donors (Lipinski definition) is 0. The number of hydrogen-bond acceptors (Lipinski definition) is 4. The number of ether oxygens (including phenoxy) is 1. The number of benzene rings is 1. The molecule has 0 saturated carbocycles. The average Bonchev–Trinajstić information content (AvgIpc) is 2.29. The Kier molecular flexibility index (Phi) is 5.35. The molecule has 16 heavy (non-hydrogen) atoms. The summed E-state index contributed by atoms with van der Waals surface area (Å²) in [6, 6.07) is 6.86. The van der Waals surface area contributed by atoms with Crippen molar-refractivity contribution in [2.75, 3.05) is 18.6 Å². The van der Waals surface area contributed by atoms with Gasteiger partial charge in [-0.05, 0) is 12.1 Å². The standard InChI is InChI=1S/C11H11ClO3S/c1-15-11(14)7-16-6-10(13)8-4-2-3-5-9(8)12/h2-5H,6-7H2,1H3. The number of carbonyl (C=O) groups excluding carboxylic acids is 2. The summed E-state index contributed by atoms with van der Waals surface area (Å²) < 4.78 is 4.46. The second-order valence-electron chi connectivity index (χ2n) is 2.97. The monoisotopic (exact) mass is 258 g/mol. The summed E-state index contributed by atoms with van der Waals surface area (Å²) in [4.78, 5) is 22.5. The van der Waals surface area contributed by atoms with E-state index in [-0.39, 0.29) is 23.3 Å². The predicted octanol–water partition coefficient (Wildman–Crippen LogP) is 2.43. The lowest BCUT2D eigenvalue weighted by Gasteiger charge is -2.02. The van der Waals surface area contributed by atoms with Crippen molar-refractivity contribution < 1.29 is 14.3 Å². The zero-order chi connectivity index (χ0) is 12.0. The minimum atomic E-state index is -0.336. The van der Waals surface area contributed by atoms with Crippen molar-refractivity contribution in [2.24, 2.45) is 0 Å². The molecule has 0 aliphatic heterocycles. The first-order valence-electron chi connectivity index (χ1n) is 4.57. The number of carbonyl (C=O) groups is 2. The lowest BCUT2D eigenvalue weighted by atomic mass is 10.1. The van der Waals surface area contributed by atoms with Crippen LogP contribution in [0.2, 0.25) is 5.02 Å². The number of rotatable bonds is 5. The largest absolute Gasteiger partial charge is 0.468 e. The van der Waals surface area contributed by atoms with Crippen LogP contribution in [0.5, 0.6) is 0 Å². The topological polar surface area (TPSA) is 43.4 Å². The Morgan fingerprint density at radius 2 is 2.00 bits per heavy atom. The second-order valence-corrected chi connectivity index (χ2v) is 4.36. The average molecular weight is 259 g/mol. The molecule has 0 bridgehead atoms. The Morgan fingerprint density at radius 1 is 1.31 bits per heavy atom. The van der Waals surface area contributed by atoms with Gasteiger partial charge in [0, 0.05) is 5.56 Å². The Morgan fingerprint density at radius 3 is 2.62 bits per heavy atom. The summed E-state index contributed by atoms with van der Waals surface area (Å²) in [6.45, 7) is 0. The van der Waals surface area contributed by atoms with Gasteiger partial charge in [-0.3, -0.25) is 9.59 Å². The van der Waals surface area contributed by atoms with Gasteiger partial charge in [0.05, 0.1) is 23.6 Å². The molecule has 0 N–H and O–H groups in total. The van der Waals surface area contributed by atoms with Gasteiger partial charge in [0.25, 0.3) is 0 Å². The lowest BCUT2D eigenvalue weighted by Crippen LogP contribution is -2.08. The van der Waals surface area contributed by atoms with E-state index in [1.54, 1.807) is 24.3 Å². The number of Topliss-reactive ketones (excluding diaryl/α,β-unsaturated/α-hetero) is 1. The molecule has 0 heterocycles. The van der Waals surface area contributed by atoms with Gasteiger partial charge in [-0.1, -0.05) is 23.7 Å². The molecule has 0 amide bonds. The zero-order valence-electron chi connectivity index (χ0n) is 8.73. The van der Waals surface area contributed by atoms with Crippen LogP contribution in [0.25, 0.3) is 0 Å². The van der Waals surface area contributed by atoms with Crippen molar-refractivity contribution in [1.29, 1.82) is 0 Å². The maximum absolute atomic E-state index is 11.7. The SMILES string of the molecule is COC(=O)CSCC(=O)c1ccccc1Cl. The third kappa shape index (κ3) is 3.87. The highest BCUT2D eigenvalue weighted by Crippen LogP contribution is 2.17. The molecular weight excluding hydrogens is 248 g/mol. The highest BCUT2D eigenvalue weighted by molar-refractivity contribution is 8.00. The van der Waals surface area contributed by atoms with Gasteiger partial charge >= 0.3 is 5.97 Å². The molecule has 1 aromatic rings. The first-order chi connectivity index (χ1) is 7.65. The van der Waals surface area contributed by atoms with E-state index in [2.05, 4.69) is 4.74 Å². The van der Waals surface area contributed by atoms with Crippen molar-refractivity contribution in [3.05, 3.63) is 34.9 Å². The minimum absolute atomic E-state index is 0.0838. The van der Waals surface area contributed by atoms with Gasteiger partial charge < -0.3 is 4.74 Å². The summed E-state index contributed by atoms with van der Waals surface area (Å²) in [6.07, 6.45) is 0. The van der Waals surface area contributed by atoms with Crippen molar-refractivity contribution in [3.63, 3.8) is 0 Å². The third-order valence-electron chi connectivity index (χ3n) is 1.86. The normalized spacial score (nSPS) is 9.88. The smallest absolute Gasteiger partial charge is 0.315 e. The number of methoxy groups -OCH3 is 1. The van der Waals surface area contributed by atoms with Crippen molar-refractivity contribution >= 4 is 35.1 Å². The molecule has 0 aliphatic rings. The molecule has 1 rings (SSSR count). The van der Waals surface area contributed by atoms with Gasteiger partial charge in [0.15, 0.2) is 5.78 Å². The Bertz CT molecular complexity index is 393. The Labute approximate surface area is 103 Å². The molecule has 5 heteroatoms. The maximum Gasteiger partial charge on any atom is 0.315 e. The Balaban J connectivity index is 2.47. The van der Waals surface area contributed by atoms with E-state index < -0.39 is 0 Å². The van der Waals surface area contributed by atoms with Crippen LogP contribution in [0.15, 0.2) is 24.3 Å². The van der Waals surface area contributed by atoms with Crippen LogP contribution in [0.1, 0.15) is 10.4 Å². The highest BCUT2D eigenvalue weighted by Gasteiger charge is 2.10. The second kappa shape index (κ2) is 6.55. The molecular formula is C11H11ClO3S. The van der Waals surface area contributed by atoms with E-state index >= 15 is 0 Å². The maximum atomic E-state index is 11.7. The summed E-state index contributed by atoms with van der Waals surface area (Å²) in [5, 5.41) is 0.436. The number of esters is 1. The molecule has 0 radical (unpaired) electrons. The molecule has 0 saturated heterocycles. The highest BCUT2D eigenvalue weighted by atomic mass is 35.5. The molecule has 1 aromatic carbocycles. The van der Waals surface area contributed by atoms with E-state index in [0.29, 0.717) is 10.6 Å². The van der Waals surface area contributed by atoms with Crippen LogP contribution in [-0.4, -0.2) is 30.4 Å². The fourth-order valence-electron chi connectivity index (χ4n) is 1.05. The quantitative estimate of drug-likeness (QED) is 0.601. The molecule has 0 atom stereocenters. The van der Waals surface area contributed by atoms with Gasteiger partial charge in [-0.15, -0.1) is 11.8 Å². The lowest BCUT2D eigenvalue weighted by molar-refractivity contribution is -0.137. The zero-order valence-corrected chi connectivity index (χ0v) is 10.3. The molecule has 0 unspecified atom stereocenters. The summed E-state index contributed by atoms with van der Waals surface area (Å²) >= 11 is 7.08. The van der Waals surface area contributed by atoms with Crippen LogP contribution in [0.4, 0.5) is 0 Å². The van der Waals surface area contributed by atoms with Gasteiger partial charge in [0.1, 0.15) is 0 Å². The minimum Gasteiger partial charge on any atom is -0.468 e. The summed E-state index contributed by atoms with van der Waals surface area (Å²) in [7, 11) is 1.32. The van der Waals surface area contributed by atoms with E-state index in [1.807, 2.05) is 0 Å².